The summed E-state index contributed by atoms with van der Waals surface area (Å²) < 4.78 is 31.0. The fourth-order valence-corrected chi connectivity index (χ4v) is 4.36. The first kappa shape index (κ1) is 21.4. The Morgan fingerprint density at radius 2 is 2.21 bits per heavy atom. The van der Waals surface area contributed by atoms with Crippen LogP contribution in [0.4, 0.5) is 15.8 Å². The van der Waals surface area contributed by atoms with Gasteiger partial charge in [-0.25, -0.2) is 14.4 Å². The number of hydrogen-bond acceptors (Lipinski definition) is 7. The van der Waals surface area contributed by atoms with E-state index in [-0.39, 0.29) is 23.7 Å². The van der Waals surface area contributed by atoms with E-state index in [9.17, 15) is 9.18 Å². The standard InChI is InChI=1S/C23H24FN5O4/c1-31-22-15(24)3-2-4-17(22)28-21-18-19(29-20(21)16-5-6-25-12-27-16)13(10-26-23(18)30)9-14-11-32-7-8-33-14/h2-6,12-14,28-29H,7-11H2,1H3,(H,26,30)/t13-,14-/m1/s1. The molecule has 1 amide bonds. The van der Waals surface area contributed by atoms with E-state index in [1.165, 1.54) is 19.5 Å². The second-order valence-corrected chi connectivity index (χ2v) is 7.91. The number of nitrogens with zero attached hydrogens (tertiary/aromatic N) is 2. The lowest BCUT2D eigenvalue weighted by atomic mass is 9.91. The molecule has 2 aromatic heterocycles. The summed E-state index contributed by atoms with van der Waals surface area (Å²) in [6.07, 6.45) is 3.68. The summed E-state index contributed by atoms with van der Waals surface area (Å²) in [6, 6.07) is 6.33. The van der Waals surface area contributed by atoms with Gasteiger partial charge in [0.15, 0.2) is 11.6 Å². The van der Waals surface area contributed by atoms with Crippen molar-refractivity contribution in [2.45, 2.75) is 18.4 Å². The van der Waals surface area contributed by atoms with Gasteiger partial charge in [0.25, 0.3) is 5.91 Å². The fraction of sp³-hybridized carbons (Fsp3) is 0.348. The molecule has 0 unspecified atom stereocenters. The first-order valence-corrected chi connectivity index (χ1v) is 10.7. The minimum Gasteiger partial charge on any atom is -0.492 e. The summed E-state index contributed by atoms with van der Waals surface area (Å²) in [6.45, 7) is 2.13. The third-order valence-electron chi connectivity index (χ3n) is 5.87. The Morgan fingerprint density at radius 3 is 2.97 bits per heavy atom. The molecule has 1 fully saturated rings. The number of ether oxygens (including phenoxy) is 3. The van der Waals surface area contributed by atoms with Crippen LogP contribution in [0.1, 0.15) is 28.4 Å². The van der Waals surface area contributed by atoms with E-state index >= 15 is 0 Å². The fourth-order valence-electron chi connectivity index (χ4n) is 4.36. The molecule has 2 aliphatic heterocycles. The van der Waals surface area contributed by atoms with E-state index in [0.29, 0.717) is 61.1 Å². The molecule has 0 aliphatic carbocycles. The number of H-pyrrole nitrogens is 1. The number of halogens is 1. The van der Waals surface area contributed by atoms with E-state index < -0.39 is 5.82 Å². The summed E-state index contributed by atoms with van der Waals surface area (Å²) in [5.41, 5.74) is 3.34. The van der Waals surface area contributed by atoms with Crippen LogP contribution in [-0.2, 0) is 9.47 Å². The topological polar surface area (TPSA) is 110 Å². The summed E-state index contributed by atoms with van der Waals surface area (Å²) in [4.78, 5) is 24.8. The quantitative estimate of drug-likeness (QED) is 0.526. The van der Waals surface area contributed by atoms with Crippen molar-refractivity contribution in [1.82, 2.24) is 20.3 Å². The summed E-state index contributed by atoms with van der Waals surface area (Å²) in [5, 5.41) is 6.20. The minimum absolute atomic E-state index is 0.0186. The second kappa shape index (κ2) is 9.16. The van der Waals surface area contributed by atoms with Crippen LogP contribution in [0.5, 0.6) is 5.75 Å². The molecule has 3 aromatic rings. The SMILES string of the molecule is COc1c(F)cccc1Nc1c(-c2ccncn2)[nH]c2c1C(=O)NC[C@H]2C[C@@H]1COCCO1. The third-order valence-corrected chi connectivity index (χ3v) is 5.87. The van der Waals surface area contributed by atoms with Gasteiger partial charge in [-0.1, -0.05) is 6.07 Å². The molecule has 1 saturated heterocycles. The predicted molar refractivity (Wildman–Crippen MR) is 118 cm³/mol. The smallest absolute Gasteiger partial charge is 0.255 e. The number of nitrogens with one attached hydrogen (secondary N) is 3. The zero-order valence-corrected chi connectivity index (χ0v) is 18.1. The number of aromatic nitrogens is 3. The number of amides is 1. The molecule has 10 heteroatoms. The third kappa shape index (κ3) is 4.14. The lowest BCUT2D eigenvalue weighted by molar-refractivity contribution is -0.0928. The number of benzene rings is 1. The maximum Gasteiger partial charge on any atom is 0.255 e. The van der Waals surface area contributed by atoms with Gasteiger partial charge in [-0.2, -0.15) is 0 Å². The highest BCUT2D eigenvalue weighted by atomic mass is 19.1. The maximum atomic E-state index is 14.3. The largest absolute Gasteiger partial charge is 0.492 e. The molecule has 0 bridgehead atoms. The van der Waals surface area contributed by atoms with Crippen molar-refractivity contribution in [2.24, 2.45) is 0 Å². The number of aromatic amines is 1. The maximum absolute atomic E-state index is 14.3. The van der Waals surface area contributed by atoms with E-state index in [0.717, 1.165) is 5.69 Å². The van der Waals surface area contributed by atoms with Gasteiger partial charge in [0.1, 0.15) is 6.33 Å². The minimum atomic E-state index is -0.507. The molecule has 2 atom stereocenters. The molecule has 2 aliphatic rings. The highest BCUT2D eigenvalue weighted by Crippen LogP contribution is 2.42. The van der Waals surface area contributed by atoms with Gasteiger partial charge in [0.2, 0.25) is 0 Å². The average molecular weight is 453 g/mol. The highest BCUT2D eigenvalue weighted by molar-refractivity contribution is 6.06. The zero-order chi connectivity index (χ0) is 22.8. The lowest BCUT2D eigenvalue weighted by Crippen LogP contribution is -2.38. The van der Waals surface area contributed by atoms with Gasteiger partial charge < -0.3 is 29.8 Å². The van der Waals surface area contributed by atoms with Crippen LogP contribution in [0.2, 0.25) is 0 Å². The number of hydrogen-bond donors (Lipinski definition) is 3. The summed E-state index contributed by atoms with van der Waals surface area (Å²) >= 11 is 0. The number of rotatable bonds is 6. The Kier molecular flexibility index (Phi) is 5.93. The molecule has 9 nitrogen and oxygen atoms in total. The Hall–Kier alpha value is -3.50. The van der Waals surface area contributed by atoms with Crippen molar-refractivity contribution in [2.75, 3.05) is 38.8 Å². The molecular formula is C23H24FN5O4. The number of carbonyl (C=O) groups is 1. The average Bonchev–Trinajstić information content (AvgIpc) is 3.23. The second-order valence-electron chi connectivity index (χ2n) is 7.91. The number of methoxy groups -OCH3 is 1. The molecule has 1 aromatic carbocycles. The molecule has 4 heterocycles. The van der Waals surface area contributed by atoms with Crippen LogP contribution in [0.15, 0.2) is 36.8 Å². The summed E-state index contributed by atoms with van der Waals surface area (Å²) in [7, 11) is 1.40. The summed E-state index contributed by atoms with van der Waals surface area (Å²) in [5.74, 6) is -0.694. The first-order valence-electron chi connectivity index (χ1n) is 10.7. The van der Waals surface area contributed by atoms with E-state index in [1.54, 1.807) is 24.4 Å². The lowest BCUT2D eigenvalue weighted by Gasteiger charge is -2.29. The predicted octanol–water partition coefficient (Wildman–Crippen LogP) is 3.00. The Balaban J connectivity index is 1.60. The molecule has 3 N–H and O–H groups in total. The van der Waals surface area contributed by atoms with Crippen LogP contribution in [0.3, 0.4) is 0 Å². The van der Waals surface area contributed by atoms with E-state index in [1.807, 2.05) is 0 Å². The van der Waals surface area contributed by atoms with Gasteiger partial charge in [0, 0.05) is 24.4 Å². The van der Waals surface area contributed by atoms with Crippen molar-refractivity contribution in [3.8, 4) is 17.1 Å². The van der Waals surface area contributed by atoms with Crippen LogP contribution < -0.4 is 15.4 Å². The van der Waals surface area contributed by atoms with E-state index in [2.05, 4.69) is 25.6 Å². The zero-order valence-electron chi connectivity index (χ0n) is 18.1. The van der Waals surface area contributed by atoms with Crippen molar-refractivity contribution in [1.29, 1.82) is 0 Å². The Bertz CT molecular complexity index is 1150. The van der Waals surface area contributed by atoms with Gasteiger partial charge in [-0.3, -0.25) is 4.79 Å². The number of anilines is 2. The molecule has 5 rings (SSSR count). The van der Waals surface area contributed by atoms with Crippen LogP contribution in [0.25, 0.3) is 11.4 Å². The van der Waals surface area contributed by atoms with Gasteiger partial charge in [0.05, 0.1) is 61.4 Å². The molecule has 172 valence electrons. The van der Waals surface area contributed by atoms with E-state index in [4.69, 9.17) is 14.2 Å². The Labute approximate surface area is 189 Å². The molecule has 0 radical (unpaired) electrons. The van der Waals surface area contributed by atoms with Gasteiger partial charge in [-0.15, -0.1) is 0 Å². The van der Waals surface area contributed by atoms with Crippen LogP contribution in [0, 0.1) is 5.82 Å². The molecule has 0 saturated carbocycles. The van der Waals surface area contributed by atoms with Crippen molar-refractivity contribution >= 4 is 17.3 Å². The Morgan fingerprint density at radius 1 is 1.30 bits per heavy atom. The highest BCUT2D eigenvalue weighted by Gasteiger charge is 2.35. The number of fused-ring (bicyclic) bond motifs is 1. The van der Waals surface area contributed by atoms with Gasteiger partial charge >= 0.3 is 0 Å². The normalized spacial score (nSPS) is 20.1. The molecule has 33 heavy (non-hydrogen) atoms. The monoisotopic (exact) mass is 453 g/mol. The van der Waals surface area contributed by atoms with Crippen molar-refractivity contribution in [3.05, 3.63) is 53.9 Å². The number of para-hydroxylation sites is 1. The molecule has 0 spiro atoms. The van der Waals surface area contributed by atoms with Crippen molar-refractivity contribution < 1.29 is 23.4 Å². The van der Waals surface area contributed by atoms with Crippen LogP contribution in [-0.4, -0.2) is 60.4 Å². The number of carbonyl (C=O) groups excluding carboxylic acids is 1. The van der Waals surface area contributed by atoms with Crippen LogP contribution >= 0.6 is 0 Å². The van der Waals surface area contributed by atoms with Crippen molar-refractivity contribution in [3.63, 3.8) is 0 Å². The first-order chi connectivity index (χ1) is 16.2. The molecular weight excluding hydrogens is 429 g/mol. The van der Waals surface area contributed by atoms with Gasteiger partial charge in [-0.05, 0) is 24.6 Å².